The lowest BCUT2D eigenvalue weighted by Crippen LogP contribution is -2.58. The number of nitrogens with two attached hydrogens (primary N) is 1. The molecule has 1 heterocycles. The molecule has 39 heavy (non-hydrogen) atoms. The average Bonchev–Trinajstić information content (AvgIpc) is 3.33. The Hall–Kier alpha value is -3.83. The van der Waals surface area contributed by atoms with Gasteiger partial charge in [0.15, 0.2) is 0 Å². The maximum Gasteiger partial charge on any atom is 0.327 e. The Kier molecular flexibility index (Phi) is 10.5. The summed E-state index contributed by atoms with van der Waals surface area (Å²) in [5.41, 5.74) is 8.48. The topological polar surface area (TPSA) is 166 Å². The monoisotopic (exact) mass is 553 g/mol. The molecule has 7 N–H and O–H groups in total. The van der Waals surface area contributed by atoms with Crippen LogP contribution in [0.4, 0.5) is 0 Å². The second-order valence-corrected chi connectivity index (χ2v) is 10.1. The van der Waals surface area contributed by atoms with Gasteiger partial charge in [-0.05, 0) is 23.1 Å². The number of carboxylic acids is 1. The van der Waals surface area contributed by atoms with Crippen LogP contribution in [0.3, 0.4) is 0 Å². The third kappa shape index (κ3) is 8.08. The minimum absolute atomic E-state index is 0.108. The predicted octanol–water partition coefficient (Wildman–Crippen LogP) is 1.41. The fourth-order valence-electron chi connectivity index (χ4n) is 4.09. The van der Waals surface area contributed by atoms with Gasteiger partial charge in [-0.15, -0.1) is 0 Å². The van der Waals surface area contributed by atoms with Gasteiger partial charge in [-0.1, -0.05) is 62.4 Å². The number of hydrogen-bond donors (Lipinski definition) is 7. The number of carbonyl (C=O) groups is 4. The summed E-state index contributed by atoms with van der Waals surface area (Å²) in [6.45, 7) is 3.61. The van der Waals surface area contributed by atoms with Crippen molar-refractivity contribution in [2.24, 2.45) is 11.7 Å². The molecule has 11 heteroatoms. The van der Waals surface area contributed by atoms with E-state index in [-0.39, 0.29) is 24.5 Å². The SMILES string of the molecule is CC(C)C(N)C(=O)NC(Cc1c[nH]c2ccccc12)C(=O)NC(Cc1ccccc1)C(=O)NC(CS)C(=O)O. The number of thiol groups is 1. The number of benzene rings is 2. The second kappa shape index (κ2) is 13.8. The van der Waals surface area contributed by atoms with E-state index in [1.165, 1.54) is 0 Å². The number of hydrogen-bond acceptors (Lipinski definition) is 6. The number of aromatic nitrogens is 1. The van der Waals surface area contributed by atoms with E-state index < -0.39 is 47.9 Å². The third-order valence-electron chi connectivity index (χ3n) is 6.47. The number of nitrogens with one attached hydrogen (secondary N) is 4. The fraction of sp³-hybridized carbons (Fsp3) is 0.357. The summed E-state index contributed by atoms with van der Waals surface area (Å²) >= 11 is 4.01. The van der Waals surface area contributed by atoms with E-state index in [0.717, 1.165) is 22.0 Å². The Morgan fingerprint density at radius 3 is 2.03 bits per heavy atom. The van der Waals surface area contributed by atoms with E-state index in [1.54, 1.807) is 44.3 Å². The molecule has 10 nitrogen and oxygen atoms in total. The number of aromatic amines is 1. The number of rotatable bonds is 13. The van der Waals surface area contributed by atoms with Gasteiger partial charge in [0, 0.05) is 35.7 Å². The number of fused-ring (bicyclic) bond motifs is 1. The maximum atomic E-state index is 13.6. The number of carbonyl (C=O) groups excluding carboxylic acids is 3. The van der Waals surface area contributed by atoms with Gasteiger partial charge < -0.3 is 31.8 Å². The van der Waals surface area contributed by atoms with E-state index in [4.69, 9.17) is 5.73 Å². The summed E-state index contributed by atoms with van der Waals surface area (Å²) in [6, 6.07) is 12.4. The van der Waals surface area contributed by atoms with Gasteiger partial charge in [-0.2, -0.15) is 12.6 Å². The summed E-state index contributed by atoms with van der Waals surface area (Å²) in [5, 5.41) is 18.2. The van der Waals surface area contributed by atoms with Gasteiger partial charge >= 0.3 is 5.97 Å². The molecule has 0 saturated heterocycles. The van der Waals surface area contributed by atoms with Crippen LogP contribution in [-0.2, 0) is 32.0 Å². The highest BCUT2D eigenvalue weighted by molar-refractivity contribution is 7.80. The zero-order valence-electron chi connectivity index (χ0n) is 21.9. The highest BCUT2D eigenvalue weighted by atomic mass is 32.1. The summed E-state index contributed by atoms with van der Waals surface area (Å²) in [5.74, 6) is -3.29. The van der Waals surface area contributed by atoms with E-state index in [2.05, 4.69) is 33.6 Å². The lowest BCUT2D eigenvalue weighted by Gasteiger charge is -2.25. The normalized spacial score (nSPS) is 14.3. The van der Waals surface area contributed by atoms with Crippen molar-refractivity contribution in [3.05, 3.63) is 71.9 Å². The number of carboxylic acid groups (broad SMARTS) is 1. The zero-order chi connectivity index (χ0) is 28.5. The molecule has 4 unspecified atom stereocenters. The van der Waals surface area contributed by atoms with Gasteiger partial charge in [-0.3, -0.25) is 14.4 Å². The van der Waals surface area contributed by atoms with Crippen LogP contribution in [0.5, 0.6) is 0 Å². The Morgan fingerprint density at radius 1 is 0.846 bits per heavy atom. The molecule has 3 amide bonds. The van der Waals surface area contributed by atoms with Crippen molar-refractivity contribution in [2.75, 3.05) is 5.75 Å². The van der Waals surface area contributed by atoms with Gasteiger partial charge in [0.1, 0.15) is 18.1 Å². The Labute approximate surface area is 232 Å². The summed E-state index contributed by atoms with van der Waals surface area (Å²) < 4.78 is 0. The van der Waals surface area contributed by atoms with Crippen molar-refractivity contribution < 1.29 is 24.3 Å². The van der Waals surface area contributed by atoms with Crippen LogP contribution in [0.15, 0.2) is 60.8 Å². The van der Waals surface area contributed by atoms with E-state index >= 15 is 0 Å². The molecule has 208 valence electrons. The quantitative estimate of drug-likeness (QED) is 0.158. The lowest BCUT2D eigenvalue weighted by molar-refractivity contribution is -0.141. The Morgan fingerprint density at radius 2 is 1.41 bits per heavy atom. The largest absolute Gasteiger partial charge is 0.480 e. The number of para-hydroxylation sites is 1. The molecule has 0 aliphatic carbocycles. The van der Waals surface area contributed by atoms with E-state index in [0.29, 0.717) is 0 Å². The molecule has 0 spiro atoms. The molecule has 1 aromatic heterocycles. The highest BCUT2D eigenvalue weighted by Gasteiger charge is 2.31. The molecule has 3 rings (SSSR count). The van der Waals surface area contributed by atoms with Crippen LogP contribution in [0.1, 0.15) is 25.0 Å². The average molecular weight is 554 g/mol. The fourth-order valence-corrected chi connectivity index (χ4v) is 4.34. The van der Waals surface area contributed by atoms with Crippen molar-refractivity contribution >= 4 is 47.2 Å². The van der Waals surface area contributed by atoms with Crippen LogP contribution in [0, 0.1) is 5.92 Å². The predicted molar refractivity (Wildman–Crippen MR) is 152 cm³/mol. The first-order chi connectivity index (χ1) is 18.6. The molecule has 0 fully saturated rings. The Bertz CT molecular complexity index is 1300. The van der Waals surface area contributed by atoms with Crippen LogP contribution < -0.4 is 21.7 Å². The number of H-pyrrole nitrogens is 1. The lowest BCUT2D eigenvalue weighted by atomic mass is 10.00. The second-order valence-electron chi connectivity index (χ2n) is 9.73. The molecule has 4 atom stereocenters. The smallest absolute Gasteiger partial charge is 0.327 e. The first kappa shape index (κ1) is 29.7. The molecule has 0 aliphatic heterocycles. The summed E-state index contributed by atoms with van der Waals surface area (Å²) in [6.07, 6.45) is 2.02. The molecule has 0 radical (unpaired) electrons. The highest BCUT2D eigenvalue weighted by Crippen LogP contribution is 2.19. The van der Waals surface area contributed by atoms with Crippen LogP contribution in [0.2, 0.25) is 0 Å². The molecule has 2 aromatic carbocycles. The van der Waals surface area contributed by atoms with Crippen LogP contribution >= 0.6 is 12.6 Å². The minimum Gasteiger partial charge on any atom is -0.480 e. The van der Waals surface area contributed by atoms with Crippen LogP contribution in [-0.4, -0.2) is 63.7 Å². The summed E-state index contributed by atoms with van der Waals surface area (Å²) in [7, 11) is 0. The molecule has 0 aliphatic rings. The van der Waals surface area contributed by atoms with E-state index in [1.807, 2.05) is 30.3 Å². The summed E-state index contributed by atoms with van der Waals surface area (Å²) in [4.78, 5) is 54.3. The van der Waals surface area contributed by atoms with Crippen molar-refractivity contribution in [1.29, 1.82) is 0 Å². The van der Waals surface area contributed by atoms with Crippen molar-refractivity contribution in [3.8, 4) is 0 Å². The third-order valence-corrected chi connectivity index (χ3v) is 6.83. The molecule has 0 saturated carbocycles. The van der Waals surface area contributed by atoms with Gasteiger partial charge in [0.25, 0.3) is 0 Å². The molecule has 3 aromatic rings. The number of aliphatic carboxylic acids is 1. The van der Waals surface area contributed by atoms with Crippen molar-refractivity contribution in [1.82, 2.24) is 20.9 Å². The number of amides is 3. The van der Waals surface area contributed by atoms with E-state index in [9.17, 15) is 24.3 Å². The zero-order valence-corrected chi connectivity index (χ0v) is 22.8. The first-order valence-corrected chi connectivity index (χ1v) is 13.3. The first-order valence-electron chi connectivity index (χ1n) is 12.7. The van der Waals surface area contributed by atoms with Crippen LogP contribution in [0.25, 0.3) is 10.9 Å². The molecule has 0 bridgehead atoms. The maximum absolute atomic E-state index is 13.6. The molecular weight excluding hydrogens is 518 g/mol. The van der Waals surface area contributed by atoms with Crippen molar-refractivity contribution in [3.63, 3.8) is 0 Å². The minimum atomic E-state index is -1.24. The standard InChI is InChI=1S/C28H35N5O5S/c1-16(2)24(29)27(36)32-22(13-18-14-30-20-11-7-6-10-19(18)20)26(35)31-21(12-17-8-4-3-5-9-17)25(34)33-23(15-39)28(37)38/h3-11,14,16,21-24,30,39H,12-13,15,29H2,1-2H3,(H,31,35)(H,32,36)(H,33,34)(H,37,38). The van der Waals surface area contributed by atoms with Gasteiger partial charge in [-0.25, -0.2) is 4.79 Å². The molecular formula is C28H35N5O5S. The Balaban J connectivity index is 1.89. The van der Waals surface area contributed by atoms with Crippen molar-refractivity contribution in [2.45, 2.75) is 50.9 Å². The van der Waals surface area contributed by atoms with Gasteiger partial charge in [0.2, 0.25) is 17.7 Å². The van der Waals surface area contributed by atoms with Gasteiger partial charge in [0.05, 0.1) is 6.04 Å².